The molecule has 14 heavy (non-hydrogen) atoms. The Bertz CT molecular complexity index is 302. The van der Waals surface area contributed by atoms with Crippen LogP contribution >= 0.6 is 0 Å². The number of nitrogens with zero attached hydrogens (tertiary/aromatic N) is 2. The lowest BCUT2D eigenvalue weighted by atomic mass is 10.1. The number of pyridine rings is 1. The molecule has 0 saturated carbocycles. The third-order valence-electron chi connectivity index (χ3n) is 2.20. The van der Waals surface area contributed by atoms with Crippen molar-refractivity contribution in [3.05, 3.63) is 30.1 Å². The van der Waals surface area contributed by atoms with Crippen LogP contribution < -0.4 is 5.32 Å². The van der Waals surface area contributed by atoms with Crippen molar-refractivity contribution in [2.75, 3.05) is 0 Å². The molecule has 74 valence electrons. The monoisotopic (exact) mass is 189 g/mol. The van der Waals surface area contributed by atoms with Crippen LogP contribution in [0.2, 0.25) is 0 Å². The van der Waals surface area contributed by atoms with Gasteiger partial charge in [-0.15, -0.1) is 0 Å². The smallest absolute Gasteiger partial charge is 0.0954 e. The van der Waals surface area contributed by atoms with Crippen molar-refractivity contribution < 1.29 is 0 Å². The van der Waals surface area contributed by atoms with E-state index in [-0.39, 0.29) is 12.1 Å². The predicted octanol–water partition coefficient (Wildman–Crippen LogP) is 2.03. The zero-order valence-electron chi connectivity index (χ0n) is 8.57. The molecular formula is C11H15N3. The van der Waals surface area contributed by atoms with E-state index >= 15 is 0 Å². The van der Waals surface area contributed by atoms with Gasteiger partial charge in [-0.1, -0.05) is 13.0 Å². The third-order valence-corrected chi connectivity index (χ3v) is 2.20. The van der Waals surface area contributed by atoms with Gasteiger partial charge in [-0.2, -0.15) is 5.26 Å². The van der Waals surface area contributed by atoms with Crippen LogP contribution in [0.3, 0.4) is 0 Å². The van der Waals surface area contributed by atoms with E-state index in [2.05, 4.69) is 16.4 Å². The van der Waals surface area contributed by atoms with E-state index in [0.29, 0.717) is 0 Å². The van der Waals surface area contributed by atoms with Gasteiger partial charge in [0.25, 0.3) is 0 Å². The molecule has 1 aromatic rings. The van der Waals surface area contributed by atoms with Crippen molar-refractivity contribution in [2.45, 2.75) is 32.4 Å². The van der Waals surface area contributed by atoms with Crippen LogP contribution in [0.5, 0.6) is 0 Å². The maximum absolute atomic E-state index is 8.79. The Balaban J connectivity index is 2.59. The fourth-order valence-corrected chi connectivity index (χ4v) is 1.28. The Morgan fingerprint density at radius 1 is 1.64 bits per heavy atom. The van der Waals surface area contributed by atoms with Crippen molar-refractivity contribution in [1.82, 2.24) is 10.3 Å². The van der Waals surface area contributed by atoms with Gasteiger partial charge >= 0.3 is 0 Å². The highest BCUT2D eigenvalue weighted by Gasteiger charge is 2.10. The second-order valence-corrected chi connectivity index (χ2v) is 3.26. The molecule has 1 unspecified atom stereocenters. The zero-order chi connectivity index (χ0) is 10.4. The van der Waals surface area contributed by atoms with E-state index in [1.807, 2.05) is 32.2 Å². The first-order valence-corrected chi connectivity index (χ1v) is 4.83. The first-order chi connectivity index (χ1) is 6.77. The van der Waals surface area contributed by atoms with Crippen LogP contribution in [0, 0.1) is 11.3 Å². The van der Waals surface area contributed by atoms with E-state index in [4.69, 9.17) is 5.26 Å². The molecule has 3 nitrogen and oxygen atoms in total. The first-order valence-electron chi connectivity index (χ1n) is 4.83. The van der Waals surface area contributed by atoms with Crippen molar-refractivity contribution >= 4 is 0 Å². The molecular weight excluding hydrogens is 174 g/mol. The van der Waals surface area contributed by atoms with Gasteiger partial charge in [-0.25, -0.2) is 0 Å². The molecule has 0 aliphatic carbocycles. The molecule has 1 rings (SSSR count). The molecule has 0 aliphatic heterocycles. The minimum absolute atomic E-state index is 0.0785. The third kappa shape index (κ3) is 2.82. The Hall–Kier alpha value is -1.40. The molecule has 0 spiro atoms. The lowest BCUT2D eigenvalue weighted by molar-refractivity contribution is 0.507. The van der Waals surface area contributed by atoms with Crippen LogP contribution in [0.15, 0.2) is 24.5 Å². The summed E-state index contributed by atoms with van der Waals surface area (Å²) in [5.41, 5.74) is 1.11. The minimum Gasteiger partial charge on any atom is -0.295 e. The van der Waals surface area contributed by atoms with Crippen LogP contribution in [0.4, 0.5) is 0 Å². The van der Waals surface area contributed by atoms with E-state index in [9.17, 15) is 0 Å². The molecule has 3 heteroatoms. The molecule has 1 N–H and O–H groups in total. The van der Waals surface area contributed by atoms with Gasteiger partial charge in [-0.05, 0) is 25.0 Å². The average molecular weight is 189 g/mol. The zero-order valence-corrected chi connectivity index (χ0v) is 8.57. The number of nitriles is 1. The van der Waals surface area contributed by atoms with Gasteiger partial charge in [0.2, 0.25) is 0 Å². The molecule has 1 aromatic heterocycles. The quantitative estimate of drug-likeness (QED) is 0.788. The van der Waals surface area contributed by atoms with Gasteiger partial charge in [0.05, 0.1) is 12.1 Å². The van der Waals surface area contributed by atoms with Crippen molar-refractivity contribution in [3.8, 4) is 6.07 Å². The van der Waals surface area contributed by atoms with E-state index in [0.717, 1.165) is 12.0 Å². The Morgan fingerprint density at radius 3 is 2.93 bits per heavy atom. The van der Waals surface area contributed by atoms with Crippen LogP contribution in [-0.2, 0) is 0 Å². The second-order valence-electron chi connectivity index (χ2n) is 3.26. The number of aromatic nitrogens is 1. The summed E-state index contributed by atoms with van der Waals surface area (Å²) in [4.78, 5) is 4.04. The predicted molar refractivity (Wildman–Crippen MR) is 55.5 cm³/mol. The summed E-state index contributed by atoms with van der Waals surface area (Å²) in [5.74, 6) is 0. The maximum atomic E-state index is 8.79. The summed E-state index contributed by atoms with van der Waals surface area (Å²) in [6.45, 7) is 4.04. The van der Waals surface area contributed by atoms with Gasteiger partial charge in [0.15, 0.2) is 0 Å². The van der Waals surface area contributed by atoms with Gasteiger partial charge in [0.1, 0.15) is 0 Å². The molecule has 0 aliphatic rings. The lowest BCUT2D eigenvalue weighted by Crippen LogP contribution is -2.29. The minimum atomic E-state index is -0.0785. The largest absolute Gasteiger partial charge is 0.295 e. The van der Waals surface area contributed by atoms with E-state index in [1.165, 1.54) is 0 Å². The standard InChI is InChI=1S/C11H15N3/c1-3-11(7-12)14-9(2)10-5-4-6-13-8-10/h4-6,8-9,11,14H,3H2,1-2H3/t9-,11?/m1/s1. The van der Waals surface area contributed by atoms with Gasteiger partial charge in [0, 0.05) is 18.4 Å². The Labute approximate surface area is 84.8 Å². The van der Waals surface area contributed by atoms with Crippen LogP contribution in [-0.4, -0.2) is 11.0 Å². The van der Waals surface area contributed by atoms with E-state index < -0.39 is 0 Å². The average Bonchev–Trinajstić information content (AvgIpc) is 2.26. The summed E-state index contributed by atoms with van der Waals surface area (Å²) >= 11 is 0. The van der Waals surface area contributed by atoms with Gasteiger partial charge in [-0.3, -0.25) is 10.3 Å². The normalized spacial score (nSPS) is 14.4. The van der Waals surface area contributed by atoms with Gasteiger partial charge < -0.3 is 0 Å². The molecule has 0 amide bonds. The number of hydrogen-bond donors (Lipinski definition) is 1. The topological polar surface area (TPSA) is 48.7 Å². The highest BCUT2D eigenvalue weighted by molar-refractivity contribution is 5.13. The molecule has 0 saturated heterocycles. The van der Waals surface area contributed by atoms with E-state index in [1.54, 1.807) is 6.20 Å². The first kappa shape index (κ1) is 10.7. The molecule has 0 aromatic carbocycles. The van der Waals surface area contributed by atoms with Crippen molar-refractivity contribution in [2.24, 2.45) is 0 Å². The molecule has 2 atom stereocenters. The molecule has 1 heterocycles. The van der Waals surface area contributed by atoms with Crippen LogP contribution in [0.25, 0.3) is 0 Å². The number of rotatable bonds is 4. The van der Waals surface area contributed by atoms with Crippen molar-refractivity contribution in [1.29, 1.82) is 5.26 Å². The maximum Gasteiger partial charge on any atom is 0.0954 e. The fourth-order valence-electron chi connectivity index (χ4n) is 1.28. The van der Waals surface area contributed by atoms with Crippen LogP contribution in [0.1, 0.15) is 31.9 Å². The summed E-state index contributed by atoms with van der Waals surface area (Å²) in [7, 11) is 0. The highest BCUT2D eigenvalue weighted by atomic mass is 14.9. The number of nitrogens with one attached hydrogen (secondary N) is 1. The number of hydrogen-bond acceptors (Lipinski definition) is 3. The summed E-state index contributed by atoms with van der Waals surface area (Å²) in [6, 6.07) is 6.23. The highest BCUT2D eigenvalue weighted by Crippen LogP contribution is 2.11. The SMILES string of the molecule is CCC(C#N)N[C@H](C)c1cccnc1. The molecule has 0 bridgehead atoms. The summed E-state index contributed by atoms with van der Waals surface area (Å²) < 4.78 is 0. The Morgan fingerprint density at radius 2 is 2.43 bits per heavy atom. The molecule has 0 radical (unpaired) electrons. The lowest BCUT2D eigenvalue weighted by Gasteiger charge is -2.16. The summed E-state index contributed by atoms with van der Waals surface area (Å²) in [5, 5.41) is 12.0. The van der Waals surface area contributed by atoms with Crippen molar-refractivity contribution in [3.63, 3.8) is 0 Å². The Kier molecular flexibility index (Phi) is 4.09. The fraction of sp³-hybridized carbons (Fsp3) is 0.455. The summed E-state index contributed by atoms with van der Waals surface area (Å²) in [6.07, 6.45) is 4.39. The second kappa shape index (κ2) is 5.36. The molecule has 0 fully saturated rings.